The van der Waals surface area contributed by atoms with Crippen molar-refractivity contribution in [3.8, 4) is 22.9 Å². The number of fused-ring (bicyclic) bond motifs is 1. The Balaban J connectivity index is 1.27. The SMILES string of the molecule is COc1ccc(-c2noc(CCC(=O)NC[C@@H]3CCCN4CCCC[C@H]34)n2)cc1OC. The molecule has 2 aliphatic rings. The highest BCUT2D eigenvalue weighted by Crippen LogP contribution is 2.32. The van der Waals surface area contributed by atoms with Gasteiger partial charge in [-0.15, -0.1) is 0 Å². The minimum absolute atomic E-state index is 0.0406. The number of amides is 1. The van der Waals surface area contributed by atoms with E-state index in [9.17, 15) is 4.79 Å². The summed E-state index contributed by atoms with van der Waals surface area (Å²) >= 11 is 0. The lowest BCUT2D eigenvalue weighted by molar-refractivity contribution is -0.121. The molecule has 8 heteroatoms. The van der Waals surface area contributed by atoms with Crippen LogP contribution in [-0.2, 0) is 11.2 Å². The summed E-state index contributed by atoms with van der Waals surface area (Å²) in [4.78, 5) is 19.5. The number of carbonyl (C=O) groups is 1. The lowest BCUT2D eigenvalue weighted by Crippen LogP contribution is -2.51. The van der Waals surface area contributed by atoms with Gasteiger partial charge in [-0.25, -0.2) is 0 Å². The first-order chi connectivity index (χ1) is 15.2. The molecule has 0 spiro atoms. The summed E-state index contributed by atoms with van der Waals surface area (Å²) in [7, 11) is 3.18. The Hall–Kier alpha value is -2.61. The van der Waals surface area contributed by atoms with E-state index in [1.54, 1.807) is 26.4 Å². The van der Waals surface area contributed by atoms with Gasteiger partial charge in [0.1, 0.15) is 0 Å². The van der Waals surface area contributed by atoms with Crippen LogP contribution in [0.1, 0.15) is 44.4 Å². The summed E-state index contributed by atoms with van der Waals surface area (Å²) in [5.41, 5.74) is 0.770. The number of piperidine rings is 2. The fourth-order valence-electron chi connectivity index (χ4n) is 4.82. The van der Waals surface area contributed by atoms with E-state index in [4.69, 9.17) is 14.0 Å². The van der Waals surface area contributed by atoms with Gasteiger partial charge in [-0.1, -0.05) is 11.6 Å². The van der Waals surface area contributed by atoms with Gasteiger partial charge in [0.15, 0.2) is 11.5 Å². The van der Waals surface area contributed by atoms with E-state index >= 15 is 0 Å². The summed E-state index contributed by atoms with van der Waals surface area (Å²) in [6, 6.07) is 6.10. The third-order valence-corrected chi connectivity index (χ3v) is 6.47. The highest BCUT2D eigenvalue weighted by atomic mass is 16.5. The zero-order valence-corrected chi connectivity index (χ0v) is 18.4. The van der Waals surface area contributed by atoms with E-state index in [0.29, 0.717) is 48.0 Å². The highest BCUT2D eigenvalue weighted by molar-refractivity contribution is 5.76. The fourth-order valence-corrected chi connectivity index (χ4v) is 4.82. The first kappa shape index (κ1) is 21.6. The number of nitrogens with zero attached hydrogens (tertiary/aromatic N) is 3. The molecule has 0 aliphatic carbocycles. The highest BCUT2D eigenvalue weighted by Gasteiger charge is 2.32. The Labute approximate surface area is 183 Å². The van der Waals surface area contributed by atoms with Gasteiger partial charge in [0.2, 0.25) is 17.6 Å². The van der Waals surface area contributed by atoms with Gasteiger partial charge in [0.05, 0.1) is 14.2 Å². The molecule has 0 unspecified atom stereocenters. The third-order valence-electron chi connectivity index (χ3n) is 6.47. The van der Waals surface area contributed by atoms with Crippen molar-refractivity contribution in [3.05, 3.63) is 24.1 Å². The lowest BCUT2D eigenvalue weighted by Gasteiger charge is -2.44. The van der Waals surface area contributed by atoms with E-state index in [0.717, 1.165) is 12.1 Å². The summed E-state index contributed by atoms with van der Waals surface area (Å²) in [6.07, 6.45) is 7.09. The molecule has 4 rings (SSSR count). The number of rotatable bonds is 8. The molecule has 1 aromatic heterocycles. The zero-order chi connectivity index (χ0) is 21.6. The maximum absolute atomic E-state index is 12.4. The van der Waals surface area contributed by atoms with Crippen LogP contribution in [0.15, 0.2) is 22.7 Å². The molecule has 2 atom stereocenters. The minimum Gasteiger partial charge on any atom is -0.493 e. The molecule has 0 bridgehead atoms. The third kappa shape index (κ3) is 5.18. The van der Waals surface area contributed by atoms with E-state index in [2.05, 4.69) is 20.4 Å². The molecule has 168 valence electrons. The quantitative estimate of drug-likeness (QED) is 0.691. The van der Waals surface area contributed by atoms with Crippen LogP contribution in [0.2, 0.25) is 0 Å². The second kappa shape index (κ2) is 10.1. The number of hydrogen-bond acceptors (Lipinski definition) is 7. The predicted octanol–water partition coefficient (Wildman–Crippen LogP) is 3.07. The van der Waals surface area contributed by atoms with Crippen LogP contribution in [-0.4, -0.2) is 60.8 Å². The minimum atomic E-state index is 0.0406. The molecule has 2 fully saturated rings. The molecule has 31 heavy (non-hydrogen) atoms. The van der Waals surface area contributed by atoms with Crippen molar-refractivity contribution in [2.45, 2.75) is 51.0 Å². The molecule has 1 aromatic carbocycles. The maximum Gasteiger partial charge on any atom is 0.227 e. The average Bonchev–Trinajstić information content (AvgIpc) is 3.30. The van der Waals surface area contributed by atoms with Crippen LogP contribution < -0.4 is 14.8 Å². The molecule has 0 radical (unpaired) electrons. The zero-order valence-electron chi connectivity index (χ0n) is 18.4. The molecule has 1 N–H and O–H groups in total. The first-order valence-corrected chi connectivity index (χ1v) is 11.2. The molecule has 2 aliphatic heterocycles. The van der Waals surface area contributed by atoms with Gasteiger partial charge < -0.3 is 24.2 Å². The van der Waals surface area contributed by atoms with Gasteiger partial charge >= 0.3 is 0 Å². The Kier molecular flexibility index (Phi) is 7.06. The van der Waals surface area contributed by atoms with Gasteiger partial charge in [0.25, 0.3) is 0 Å². The summed E-state index contributed by atoms with van der Waals surface area (Å²) in [6.45, 7) is 3.20. The Morgan fingerprint density at radius 1 is 1.16 bits per heavy atom. The van der Waals surface area contributed by atoms with E-state index in [1.807, 2.05) is 6.07 Å². The van der Waals surface area contributed by atoms with Crippen molar-refractivity contribution in [2.24, 2.45) is 5.92 Å². The van der Waals surface area contributed by atoms with Crippen LogP contribution in [0.25, 0.3) is 11.4 Å². The standard InChI is InChI=1S/C23H32N4O4/c1-29-19-9-8-16(14-20(19)30-2)23-25-22(31-26-23)11-10-21(28)24-15-17-6-5-13-27-12-4-3-7-18(17)27/h8-9,14,17-18H,3-7,10-13,15H2,1-2H3,(H,24,28)/t17-,18+/m0/s1. The van der Waals surface area contributed by atoms with E-state index in [-0.39, 0.29) is 5.91 Å². The second-order valence-electron chi connectivity index (χ2n) is 8.39. The molecular weight excluding hydrogens is 396 g/mol. The predicted molar refractivity (Wildman–Crippen MR) is 116 cm³/mol. The molecule has 0 saturated carbocycles. The van der Waals surface area contributed by atoms with Crippen LogP contribution >= 0.6 is 0 Å². The first-order valence-electron chi connectivity index (χ1n) is 11.2. The Morgan fingerprint density at radius 2 is 2.00 bits per heavy atom. The molecule has 2 saturated heterocycles. The van der Waals surface area contributed by atoms with Crippen molar-refractivity contribution in [1.29, 1.82) is 0 Å². The van der Waals surface area contributed by atoms with Gasteiger partial charge in [-0.05, 0) is 62.9 Å². The lowest BCUT2D eigenvalue weighted by atomic mass is 9.83. The van der Waals surface area contributed by atoms with Crippen molar-refractivity contribution in [3.63, 3.8) is 0 Å². The maximum atomic E-state index is 12.4. The van der Waals surface area contributed by atoms with Crippen molar-refractivity contribution >= 4 is 5.91 Å². The Morgan fingerprint density at radius 3 is 2.84 bits per heavy atom. The molecule has 2 aromatic rings. The molecular formula is C23H32N4O4. The van der Waals surface area contributed by atoms with Gasteiger partial charge in [-0.3, -0.25) is 4.79 Å². The second-order valence-corrected chi connectivity index (χ2v) is 8.39. The number of ether oxygens (including phenoxy) is 2. The van der Waals surface area contributed by atoms with Gasteiger partial charge in [-0.2, -0.15) is 4.98 Å². The number of aromatic nitrogens is 2. The van der Waals surface area contributed by atoms with Crippen molar-refractivity contribution < 1.29 is 18.8 Å². The number of methoxy groups -OCH3 is 2. The van der Waals surface area contributed by atoms with E-state index in [1.165, 1.54) is 45.2 Å². The van der Waals surface area contributed by atoms with Crippen molar-refractivity contribution in [2.75, 3.05) is 33.9 Å². The average molecular weight is 429 g/mol. The summed E-state index contributed by atoms with van der Waals surface area (Å²) in [5, 5.41) is 7.18. The summed E-state index contributed by atoms with van der Waals surface area (Å²) < 4.78 is 15.9. The Bertz CT molecular complexity index is 882. The number of aryl methyl sites for hydroxylation is 1. The molecule has 8 nitrogen and oxygen atoms in total. The van der Waals surface area contributed by atoms with Crippen LogP contribution in [0.5, 0.6) is 11.5 Å². The number of carbonyl (C=O) groups excluding carboxylic acids is 1. The number of nitrogens with one attached hydrogen (secondary N) is 1. The summed E-state index contributed by atoms with van der Waals surface area (Å²) in [5.74, 6) is 2.77. The number of hydrogen-bond donors (Lipinski definition) is 1. The normalized spacial score (nSPS) is 21.4. The topological polar surface area (TPSA) is 89.7 Å². The van der Waals surface area contributed by atoms with Gasteiger partial charge in [0, 0.05) is 31.0 Å². The smallest absolute Gasteiger partial charge is 0.227 e. The monoisotopic (exact) mass is 428 g/mol. The van der Waals surface area contributed by atoms with Crippen LogP contribution in [0.4, 0.5) is 0 Å². The number of benzene rings is 1. The van der Waals surface area contributed by atoms with Crippen LogP contribution in [0, 0.1) is 5.92 Å². The van der Waals surface area contributed by atoms with E-state index < -0.39 is 0 Å². The molecule has 1 amide bonds. The van der Waals surface area contributed by atoms with Crippen molar-refractivity contribution in [1.82, 2.24) is 20.4 Å². The molecule has 3 heterocycles. The fraction of sp³-hybridized carbons (Fsp3) is 0.609. The van der Waals surface area contributed by atoms with Crippen LogP contribution in [0.3, 0.4) is 0 Å². The largest absolute Gasteiger partial charge is 0.493 e.